The first-order valence-electron chi connectivity index (χ1n) is 6.43. The van der Waals surface area contributed by atoms with Crippen LogP contribution in [0, 0.1) is 0 Å². The second-order valence-corrected chi connectivity index (χ2v) is 4.18. The Bertz CT molecular complexity index is 420. The molecule has 0 aliphatic rings. The number of carbonyl (C=O) groups is 2. The molecule has 0 saturated heterocycles. The third-order valence-electron chi connectivity index (χ3n) is 2.71. The van der Waals surface area contributed by atoms with Gasteiger partial charge in [-0.25, -0.2) is 4.79 Å². The van der Waals surface area contributed by atoms with E-state index in [9.17, 15) is 9.59 Å². The summed E-state index contributed by atoms with van der Waals surface area (Å²) in [4.78, 5) is 26.2. The Morgan fingerprint density at radius 3 is 2.26 bits per heavy atom. The Balaban J connectivity index is 2.89. The minimum absolute atomic E-state index is 0.266. The normalized spacial score (nSPS) is 10.0. The lowest BCUT2D eigenvalue weighted by atomic mass is 10.3. The van der Waals surface area contributed by atoms with Gasteiger partial charge in [-0.3, -0.25) is 9.69 Å². The van der Waals surface area contributed by atoms with Gasteiger partial charge in [0.25, 0.3) is 0 Å². The van der Waals surface area contributed by atoms with Crippen LogP contribution < -0.4 is 4.90 Å². The van der Waals surface area contributed by atoms with Gasteiger partial charge in [-0.1, -0.05) is 25.1 Å². The van der Waals surface area contributed by atoms with Gasteiger partial charge in [0.15, 0.2) is 0 Å². The minimum Gasteiger partial charge on any atom is -0.480 e. The summed E-state index contributed by atoms with van der Waals surface area (Å²) in [5.74, 6) is -0.995. The average Bonchev–Trinajstić information content (AvgIpc) is 2.39. The molecule has 1 rings (SSSR count). The molecule has 0 bridgehead atoms. The molecule has 0 unspecified atom stereocenters. The molecule has 0 saturated carbocycles. The van der Waals surface area contributed by atoms with Crippen LogP contribution in [0.3, 0.4) is 0 Å². The summed E-state index contributed by atoms with van der Waals surface area (Å²) >= 11 is 0. The lowest BCUT2D eigenvalue weighted by Gasteiger charge is -2.28. The van der Waals surface area contributed by atoms with E-state index in [-0.39, 0.29) is 12.6 Å². The Morgan fingerprint density at radius 1 is 1.16 bits per heavy atom. The number of rotatable bonds is 6. The third kappa shape index (κ3) is 4.28. The fourth-order valence-corrected chi connectivity index (χ4v) is 1.88. The van der Waals surface area contributed by atoms with Crippen LogP contribution in [0.5, 0.6) is 0 Å². The molecule has 19 heavy (non-hydrogen) atoms. The topological polar surface area (TPSA) is 60.9 Å². The quantitative estimate of drug-likeness (QED) is 0.858. The van der Waals surface area contributed by atoms with E-state index in [4.69, 9.17) is 5.11 Å². The van der Waals surface area contributed by atoms with Gasteiger partial charge >= 0.3 is 12.0 Å². The van der Waals surface area contributed by atoms with E-state index in [0.29, 0.717) is 13.1 Å². The Morgan fingerprint density at radius 2 is 1.79 bits per heavy atom. The van der Waals surface area contributed by atoms with Gasteiger partial charge in [-0.05, 0) is 25.5 Å². The lowest BCUT2D eigenvalue weighted by Crippen LogP contribution is -2.45. The number of carboxylic acid groups (broad SMARTS) is 1. The molecule has 1 aromatic rings. The zero-order valence-corrected chi connectivity index (χ0v) is 11.4. The van der Waals surface area contributed by atoms with Crippen LogP contribution in [0.15, 0.2) is 30.3 Å². The van der Waals surface area contributed by atoms with Gasteiger partial charge in [0, 0.05) is 18.8 Å². The number of para-hydroxylation sites is 1. The lowest BCUT2D eigenvalue weighted by molar-refractivity contribution is -0.137. The summed E-state index contributed by atoms with van der Waals surface area (Å²) in [6.45, 7) is 4.46. The predicted molar refractivity (Wildman–Crippen MR) is 74.4 cm³/mol. The number of nitrogens with zero attached hydrogens (tertiary/aromatic N) is 2. The van der Waals surface area contributed by atoms with E-state index < -0.39 is 5.97 Å². The first-order chi connectivity index (χ1) is 9.10. The highest BCUT2D eigenvalue weighted by Gasteiger charge is 2.22. The van der Waals surface area contributed by atoms with E-state index in [0.717, 1.165) is 12.1 Å². The monoisotopic (exact) mass is 264 g/mol. The fraction of sp³-hybridized carbons (Fsp3) is 0.429. The highest BCUT2D eigenvalue weighted by molar-refractivity contribution is 5.93. The van der Waals surface area contributed by atoms with Crippen LogP contribution >= 0.6 is 0 Å². The van der Waals surface area contributed by atoms with Gasteiger partial charge in [0.2, 0.25) is 0 Å². The molecule has 0 spiro atoms. The van der Waals surface area contributed by atoms with E-state index >= 15 is 0 Å². The van der Waals surface area contributed by atoms with Crippen molar-refractivity contribution >= 4 is 17.7 Å². The third-order valence-corrected chi connectivity index (χ3v) is 2.71. The average molecular weight is 264 g/mol. The summed E-state index contributed by atoms with van der Waals surface area (Å²) in [6.07, 6.45) is 0.728. The highest BCUT2D eigenvalue weighted by atomic mass is 16.4. The smallest absolute Gasteiger partial charge is 0.324 e. The van der Waals surface area contributed by atoms with Gasteiger partial charge in [0.05, 0.1) is 0 Å². The van der Waals surface area contributed by atoms with Crippen LogP contribution in [0.2, 0.25) is 0 Å². The molecule has 0 aromatic heterocycles. The molecule has 0 heterocycles. The zero-order valence-electron chi connectivity index (χ0n) is 11.4. The van der Waals surface area contributed by atoms with Gasteiger partial charge < -0.3 is 10.0 Å². The van der Waals surface area contributed by atoms with E-state index in [1.54, 1.807) is 4.90 Å². The van der Waals surface area contributed by atoms with Crippen LogP contribution in [0.4, 0.5) is 10.5 Å². The number of hydrogen-bond donors (Lipinski definition) is 1. The molecular formula is C14H20N2O3. The molecule has 0 fully saturated rings. The Hall–Kier alpha value is -2.04. The summed E-state index contributed by atoms with van der Waals surface area (Å²) < 4.78 is 0. The molecule has 5 nitrogen and oxygen atoms in total. The highest BCUT2D eigenvalue weighted by Crippen LogP contribution is 2.15. The summed E-state index contributed by atoms with van der Waals surface area (Å²) in [5, 5.41) is 8.87. The molecule has 1 N–H and O–H groups in total. The first-order valence-corrected chi connectivity index (χ1v) is 6.43. The van der Waals surface area contributed by atoms with Crippen molar-refractivity contribution in [2.45, 2.75) is 20.3 Å². The second-order valence-electron chi connectivity index (χ2n) is 4.18. The maximum absolute atomic E-state index is 12.4. The molecule has 104 valence electrons. The molecule has 0 aliphatic heterocycles. The maximum atomic E-state index is 12.4. The summed E-state index contributed by atoms with van der Waals surface area (Å²) in [5.41, 5.74) is 0.779. The number of carbonyl (C=O) groups excluding carboxylic acids is 1. The van der Waals surface area contributed by atoms with Crippen molar-refractivity contribution in [1.29, 1.82) is 0 Å². The number of benzene rings is 1. The zero-order chi connectivity index (χ0) is 14.3. The van der Waals surface area contributed by atoms with Crippen molar-refractivity contribution in [3.8, 4) is 0 Å². The summed E-state index contributed by atoms with van der Waals surface area (Å²) in [7, 11) is 0. The SMILES string of the molecule is CCCN(CC(=O)O)C(=O)N(CC)c1ccccc1. The van der Waals surface area contributed by atoms with Gasteiger partial charge in [-0.2, -0.15) is 0 Å². The van der Waals surface area contributed by atoms with Crippen molar-refractivity contribution in [2.75, 3.05) is 24.5 Å². The van der Waals surface area contributed by atoms with Crippen molar-refractivity contribution in [2.24, 2.45) is 0 Å². The van der Waals surface area contributed by atoms with Crippen LogP contribution in [0.25, 0.3) is 0 Å². The number of anilines is 1. The van der Waals surface area contributed by atoms with Crippen molar-refractivity contribution in [1.82, 2.24) is 4.90 Å². The predicted octanol–water partition coefficient (Wildman–Crippen LogP) is 2.43. The van der Waals surface area contributed by atoms with Crippen LogP contribution in [-0.4, -0.2) is 41.6 Å². The Labute approximate surface area is 113 Å². The Kier molecular flexibility index (Phi) is 5.85. The molecule has 2 amide bonds. The fourth-order valence-electron chi connectivity index (χ4n) is 1.88. The van der Waals surface area contributed by atoms with E-state index in [1.807, 2.05) is 44.2 Å². The number of urea groups is 1. The largest absolute Gasteiger partial charge is 0.480 e. The molecule has 0 atom stereocenters. The van der Waals surface area contributed by atoms with Crippen molar-refractivity contribution < 1.29 is 14.7 Å². The number of hydrogen-bond acceptors (Lipinski definition) is 2. The van der Waals surface area contributed by atoms with Crippen LogP contribution in [0.1, 0.15) is 20.3 Å². The van der Waals surface area contributed by atoms with E-state index in [1.165, 1.54) is 4.90 Å². The number of aliphatic carboxylic acids is 1. The molecular weight excluding hydrogens is 244 g/mol. The number of carboxylic acids is 1. The molecule has 0 radical (unpaired) electrons. The standard InChI is InChI=1S/C14H20N2O3/c1-3-10-15(11-13(17)18)14(19)16(4-2)12-8-6-5-7-9-12/h5-9H,3-4,10-11H2,1-2H3,(H,17,18). The van der Waals surface area contributed by atoms with Gasteiger partial charge in [-0.15, -0.1) is 0 Å². The molecule has 1 aromatic carbocycles. The number of amides is 2. The molecule has 0 aliphatic carbocycles. The molecule has 5 heteroatoms. The maximum Gasteiger partial charge on any atom is 0.324 e. The minimum atomic E-state index is -0.995. The van der Waals surface area contributed by atoms with Crippen LogP contribution in [-0.2, 0) is 4.79 Å². The summed E-state index contributed by atoms with van der Waals surface area (Å²) in [6, 6.07) is 9.00. The first kappa shape index (κ1) is 15.0. The van der Waals surface area contributed by atoms with Crippen molar-refractivity contribution in [3.63, 3.8) is 0 Å². The second kappa shape index (κ2) is 7.41. The van der Waals surface area contributed by atoms with E-state index in [2.05, 4.69) is 0 Å². The van der Waals surface area contributed by atoms with Gasteiger partial charge in [0.1, 0.15) is 6.54 Å². The van der Waals surface area contributed by atoms with Crippen molar-refractivity contribution in [3.05, 3.63) is 30.3 Å².